The molecule has 1 spiro atoms. The second-order valence-corrected chi connectivity index (χ2v) is 9.44. The fourth-order valence-corrected chi connectivity index (χ4v) is 4.39. The number of hydrogen-bond donors (Lipinski definition) is 2. The molecule has 0 atom stereocenters. The Balaban J connectivity index is 0.000000333. The first-order valence-electron chi connectivity index (χ1n) is 11.9. The van der Waals surface area contributed by atoms with Crippen LogP contribution in [0.15, 0.2) is 48.9 Å². The van der Waals surface area contributed by atoms with E-state index in [2.05, 4.69) is 28.0 Å². The summed E-state index contributed by atoms with van der Waals surface area (Å²) in [5.74, 6) is -5.39. The molecule has 2 aromatic heterocycles. The Morgan fingerprint density at radius 3 is 1.93 bits per heavy atom. The molecular weight excluding hydrogens is 550 g/mol. The van der Waals surface area contributed by atoms with Crippen LogP contribution >= 0.6 is 0 Å². The van der Waals surface area contributed by atoms with Gasteiger partial charge in [-0.25, -0.2) is 9.59 Å². The van der Waals surface area contributed by atoms with Gasteiger partial charge in [-0.15, -0.1) is 0 Å². The first-order valence-corrected chi connectivity index (χ1v) is 11.9. The molecule has 0 radical (unpaired) electrons. The Kier molecular flexibility index (Phi) is 11.0. The van der Waals surface area contributed by atoms with Gasteiger partial charge in [-0.1, -0.05) is 6.07 Å². The first kappa shape index (κ1) is 32.5. The lowest BCUT2D eigenvalue weighted by molar-refractivity contribution is -0.193. The van der Waals surface area contributed by atoms with Crippen molar-refractivity contribution in [2.45, 2.75) is 50.6 Å². The van der Waals surface area contributed by atoms with Crippen LogP contribution in [0.1, 0.15) is 41.7 Å². The van der Waals surface area contributed by atoms with Crippen molar-refractivity contribution in [3.8, 4) is 0 Å². The highest BCUT2D eigenvalue weighted by Gasteiger charge is 2.47. The van der Waals surface area contributed by atoms with E-state index in [-0.39, 0.29) is 5.91 Å². The average molecular weight is 579 g/mol. The van der Waals surface area contributed by atoms with Crippen molar-refractivity contribution in [1.29, 1.82) is 0 Å². The number of likely N-dealkylation sites (tertiary alicyclic amines) is 1. The Morgan fingerprint density at radius 2 is 1.50 bits per heavy atom. The topological polar surface area (TPSA) is 124 Å². The van der Waals surface area contributed by atoms with Crippen molar-refractivity contribution < 1.29 is 50.9 Å². The fourth-order valence-electron chi connectivity index (χ4n) is 4.39. The highest BCUT2D eigenvalue weighted by Crippen LogP contribution is 2.51. The molecule has 1 aliphatic heterocycles. The Hall–Kier alpha value is -3.75. The van der Waals surface area contributed by atoms with Crippen molar-refractivity contribution in [3.05, 3.63) is 60.2 Å². The summed E-state index contributed by atoms with van der Waals surface area (Å²) < 4.78 is 63.5. The average Bonchev–Trinajstić information content (AvgIpc) is 2.87. The summed E-state index contributed by atoms with van der Waals surface area (Å²) in [5.41, 5.74) is 2.27. The Labute approximate surface area is 225 Å². The van der Waals surface area contributed by atoms with E-state index in [1.807, 2.05) is 35.4 Å². The van der Waals surface area contributed by atoms with Crippen molar-refractivity contribution in [1.82, 2.24) is 19.8 Å². The van der Waals surface area contributed by atoms with Crippen LogP contribution in [0.5, 0.6) is 0 Å². The summed E-state index contributed by atoms with van der Waals surface area (Å²) in [6, 6.07) is 10.4. The van der Waals surface area contributed by atoms with Gasteiger partial charge in [-0.05, 0) is 62.4 Å². The third-order valence-corrected chi connectivity index (χ3v) is 6.60. The van der Waals surface area contributed by atoms with Crippen LogP contribution < -0.4 is 0 Å². The van der Waals surface area contributed by atoms with Crippen LogP contribution in [-0.2, 0) is 16.1 Å². The zero-order chi connectivity index (χ0) is 30.1. The standard InChI is InChI=1S/C21H26N4O.2C2HF3O2/c1-24(16-18-6-2-3-10-23-18)19-13-21(14-19)7-11-25(12-8-21)20(26)17-5-4-9-22-15-17;2*3-2(4,5)1(6)7/h2-6,9-10,15,19H,7-8,11-14,16H2,1H3;2*(H,6,7). The molecule has 4 rings (SSSR count). The number of nitrogens with zero attached hydrogens (tertiary/aromatic N) is 4. The predicted molar refractivity (Wildman–Crippen MR) is 128 cm³/mol. The lowest BCUT2D eigenvalue weighted by atomic mass is 9.60. The van der Waals surface area contributed by atoms with Gasteiger partial charge in [-0.2, -0.15) is 26.3 Å². The second kappa shape index (κ2) is 13.5. The molecule has 2 aromatic rings. The number of halogens is 6. The van der Waals surface area contributed by atoms with Gasteiger partial charge in [0.05, 0.1) is 11.3 Å². The van der Waals surface area contributed by atoms with Gasteiger partial charge in [0, 0.05) is 44.3 Å². The molecular formula is C25H28F6N4O5. The third-order valence-electron chi connectivity index (χ3n) is 6.60. The zero-order valence-corrected chi connectivity index (χ0v) is 21.3. The normalized spacial score (nSPS) is 16.6. The Bertz CT molecular complexity index is 1090. The van der Waals surface area contributed by atoms with Crippen LogP contribution in [-0.4, -0.2) is 86.4 Å². The summed E-state index contributed by atoms with van der Waals surface area (Å²) >= 11 is 0. The number of carboxylic acids is 2. The van der Waals surface area contributed by atoms with E-state index in [9.17, 15) is 31.1 Å². The summed E-state index contributed by atoms with van der Waals surface area (Å²) in [6.07, 6.45) is -0.215. The molecule has 1 aliphatic carbocycles. The smallest absolute Gasteiger partial charge is 0.475 e. The van der Waals surface area contributed by atoms with Crippen molar-refractivity contribution in [2.24, 2.45) is 5.41 Å². The highest BCUT2D eigenvalue weighted by molar-refractivity contribution is 5.93. The molecule has 1 saturated heterocycles. The second-order valence-electron chi connectivity index (χ2n) is 9.44. The third kappa shape index (κ3) is 9.77. The number of alkyl halides is 6. The van der Waals surface area contributed by atoms with Crippen molar-refractivity contribution in [2.75, 3.05) is 20.1 Å². The molecule has 0 bridgehead atoms. The number of piperidine rings is 1. The van der Waals surface area contributed by atoms with Crippen LogP contribution in [0.2, 0.25) is 0 Å². The van der Waals surface area contributed by atoms with Gasteiger partial charge in [0.1, 0.15) is 0 Å². The van der Waals surface area contributed by atoms with Crippen LogP contribution in [0.4, 0.5) is 26.3 Å². The van der Waals surface area contributed by atoms with Crippen LogP contribution in [0, 0.1) is 5.41 Å². The summed E-state index contributed by atoms with van der Waals surface area (Å²) in [7, 11) is 2.20. The fraction of sp³-hybridized carbons (Fsp3) is 0.480. The first-order chi connectivity index (χ1) is 18.5. The lowest BCUT2D eigenvalue weighted by Gasteiger charge is -2.54. The largest absolute Gasteiger partial charge is 0.490 e. The van der Waals surface area contributed by atoms with Crippen molar-refractivity contribution >= 4 is 17.8 Å². The minimum atomic E-state index is -5.08. The van der Waals surface area contributed by atoms with E-state index in [0.29, 0.717) is 17.0 Å². The predicted octanol–water partition coefficient (Wildman–Crippen LogP) is 4.26. The molecule has 2 N–H and O–H groups in total. The molecule has 9 nitrogen and oxygen atoms in total. The van der Waals surface area contributed by atoms with Gasteiger partial charge < -0.3 is 15.1 Å². The molecule has 40 heavy (non-hydrogen) atoms. The molecule has 220 valence electrons. The molecule has 0 unspecified atom stereocenters. The number of aliphatic carboxylic acids is 2. The maximum atomic E-state index is 12.6. The molecule has 0 aromatic carbocycles. The van der Waals surface area contributed by atoms with Gasteiger partial charge in [0.15, 0.2) is 0 Å². The Morgan fingerprint density at radius 1 is 0.950 bits per heavy atom. The maximum Gasteiger partial charge on any atom is 0.490 e. The molecule has 2 fully saturated rings. The number of amides is 1. The number of carbonyl (C=O) groups is 3. The molecule has 1 saturated carbocycles. The monoisotopic (exact) mass is 578 g/mol. The van der Waals surface area contributed by atoms with Gasteiger partial charge in [0.25, 0.3) is 5.91 Å². The number of aromatic nitrogens is 2. The number of carbonyl (C=O) groups excluding carboxylic acids is 1. The van der Waals surface area contributed by atoms with E-state index >= 15 is 0 Å². The van der Waals surface area contributed by atoms with Gasteiger partial charge in [0.2, 0.25) is 0 Å². The van der Waals surface area contributed by atoms with E-state index in [1.165, 1.54) is 12.8 Å². The van der Waals surface area contributed by atoms with Crippen LogP contribution in [0.3, 0.4) is 0 Å². The number of hydrogen-bond acceptors (Lipinski definition) is 6. The van der Waals surface area contributed by atoms with Gasteiger partial charge in [-0.3, -0.25) is 19.7 Å². The minimum Gasteiger partial charge on any atom is -0.475 e. The van der Waals surface area contributed by atoms with Crippen LogP contribution in [0.25, 0.3) is 0 Å². The number of rotatable bonds is 4. The highest BCUT2D eigenvalue weighted by atomic mass is 19.4. The van der Waals surface area contributed by atoms with E-state index in [1.54, 1.807) is 12.4 Å². The molecule has 15 heteroatoms. The van der Waals surface area contributed by atoms with E-state index < -0.39 is 24.3 Å². The molecule has 3 heterocycles. The molecule has 2 aliphatic rings. The van der Waals surface area contributed by atoms with Gasteiger partial charge >= 0.3 is 24.3 Å². The summed E-state index contributed by atoms with van der Waals surface area (Å²) in [6.45, 7) is 2.64. The number of pyridine rings is 2. The maximum absolute atomic E-state index is 12.6. The van der Waals surface area contributed by atoms with Crippen molar-refractivity contribution in [3.63, 3.8) is 0 Å². The molecule has 1 amide bonds. The van der Waals surface area contributed by atoms with E-state index in [0.717, 1.165) is 38.2 Å². The number of carboxylic acid groups (broad SMARTS) is 2. The lowest BCUT2D eigenvalue weighted by Crippen LogP contribution is -2.54. The zero-order valence-electron chi connectivity index (χ0n) is 21.3. The minimum absolute atomic E-state index is 0.121. The summed E-state index contributed by atoms with van der Waals surface area (Å²) in [5, 5.41) is 14.2. The van der Waals surface area contributed by atoms with E-state index in [4.69, 9.17) is 19.8 Å². The SMILES string of the molecule is CN(Cc1ccccn1)C1CC2(CCN(C(=O)c3cccnc3)CC2)C1.O=C(O)C(F)(F)F.O=C(O)C(F)(F)F. The quantitative estimate of drug-likeness (QED) is 0.516. The summed E-state index contributed by atoms with van der Waals surface area (Å²) in [4.78, 5) is 43.3.